The predicted octanol–water partition coefficient (Wildman–Crippen LogP) is 12.7. The number of aromatic hydroxyl groups is 3. The zero-order chi connectivity index (χ0) is 35.7. The third kappa shape index (κ3) is 8.61. The second kappa shape index (κ2) is 12.8. The van der Waals surface area contributed by atoms with Crippen LogP contribution in [0.25, 0.3) is 0 Å². The van der Waals surface area contributed by atoms with E-state index in [9.17, 15) is 15.3 Å². The Morgan fingerprint density at radius 1 is 0.340 bits per heavy atom. The minimum Gasteiger partial charge on any atom is -0.505 e. The fourth-order valence-electron chi connectivity index (χ4n) is 5.77. The Kier molecular flexibility index (Phi) is 11.1. The van der Waals surface area contributed by atoms with Gasteiger partial charge in [-0.2, -0.15) is 0 Å². The Bertz CT molecular complexity index is 1420. The maximum atomic E-state index is 12.3. The second-order valence-corrected chi connectivity index (χ2v) is 19.5. The maximum absolute atomic E-state index is 12.3. The van der Waals surface area contributed by atoms with Crippen LogP contribution in [-0.2, 0) is 32.5 Å². The first-order valence-electron chi connectivity index (χ1n) is 16.8. The lowest BCUT2D eigenvalue weighted by molar-refractivity contribution is 0.439. The van der Waals surface area contributed by atoms with Crippen molar-refractivity contribution in [2.24, 2.45) is 0 Å². The van der Waals surface area contributed by atoms with Crippen molar-refractivity contribution in [2.75, 3.05) is 4.90 Å². The van der Waals surface area contributed by atoms with Crippen LogP contribution in [0.3, 0.4) is 0 Å². The molecule has 0 aliphatic rings. The molecule has 0 aliphatic carbocycles. The van der Waals surface area contributed by atoms with Gasteiger partial charge in [-0.3, -0.25) is 4.90 Å². The predicted molar refractivity (Wildman–Crippen MR) is 214 cm³/mol. The van der Waals surface area contributed by atoms with E-state index < -0.39 is 0 Å². The minimum atomic E-state index is -0.372. The average Bonchev–Trinajstić information content (AvgIpc) is 2.82. The highest BCUT2D eigenvalue weighted by molar-refractivity contribution is 14.0. The lowest BCUT2D eigenvalue weighted by Gasteiger charge is -2.36. The molecule has 4 nitrogen and oxygen atoms in total. The Hall–Kier alpha value is -2.41. The van der Waals surface area contributed by atoms with Crippen LogP contribution < -0.4 is 4.90 Å². The van der Waals surface area contributed by atoms with Gasteiger partial charge in [0.05, 0.1) is 17.1 Å². The fraction of sp³-hybridized carbons (Fsp3) is 0.571. The van der Waals surface area contributed by atoms with E-state index in [2.05, 4.69) is 143 Å². The molecule has 3 N–H and O–H groups in total. The number of halogens is 1. The smallest absolute Gasteiger partial charge is 0.143 e. The van der Waals surface area contributed by atoms with Crippen LogP contribution in [0.4, 0.5) is 17.1 Å². The molecule has 0 heterocycles. The van der Waals surface area contributed by atoms with Crippen LogP contribution in [0.2, 0.25) is 0 Å². The summed E-state index contributed by atoms with van der Waals surface area (Å²) in [4.78, 5) is 1.92. The molecule has 0 radical (unpaired) electrons. The van der Waals surface area contributed by atoms with E-state index in [1.54, 1.807) is 0 Å². The Balaban J connectivity index is 0.00000768. The number of nitrogens with zero attached hydrogens (tertiary/aromatic N) is 1. The highest BCUT2D eigenvalue weighted by atomic mass is 127. The van der Waals surface area contributed by atoms with Gasteiger partial charge in [-0.25, -0.2) is 0 Å². The average molecular weight is 758 g/mol. The number of hydrogen-bond acceptors (Lipinski definition) is 4. The van der Waals surface area contributed by atoms with Gasteiger partial charge in [-0.1, -0.05) is 143 Å². The van der Waals surface area contributed by atoms with Gasteiger partial charge in [0, 0.05) is 16.7 Å². The molecular weight excluding hydrogens is 693 g/mol. The van der Waals surface area contributed by atoms with Crippen LogP contribution in [-0.4, -0.2) is 15.3 Å². The quantitative estimate of drug-likeness (QED) is 0.233. The first-order chi connectivity index (χ1) is 20.4. The number of anilines is 3. The fourth-order valence-corrected chi connectivity index (χ4v) is 5.77. The van der Waals surface area contributed by atoms with E-state index >= 15 is 0 Å². The van der Waals surface area contributed by atoms with Crippen LogP contribution >= 0.6 is 24.0 Å². The summed E-state index contributed by atoms with van der Waals surface area (Å²) >= 11 is 0. The van der Waals surface area contributed by atoms with Crippen molar-refractivity contribution >= 4 is 41.0 Å². The molecule has 0 aromatic heterocycles. The van der Waals surface area contributed by atoms with E-state index in [0.717, 1.165) is 33.4 Å². The van der Waals surface area contributed by atoms with Crippen molar-refractivity contribution in [1.29, 1.82) is 0 Å². The minimum absolute atomic E-state index is 0. The number of rotatable bonds is 3. The first kappa shape index (κ1) is 40.8. The van der Waals surface area contributed by atoms with Gasteiger partial charge in [0.2, 0.25) is 0 Å². The zero-order valence-corrected chi connectivity index (χ0v) is 35.0. The van der Waals surface area contributed by atoms with Crippen molar-refractivity contribution in [3.05, 3.63) is 69.8 Å². The molecule has 0 saturated carbocycles. The monoisotopic (exact) mass is 757 g/mol. The number of benzene rings is 3. The topological polar surface area (TPSA) is 63.9 Å². The summed E-state index contributed by atoms with van der Waals surface area (Å²) in [6.45, 7) is 38.5. The van der Waals surface area contributed by atoms with Gasteiger partial charge in [0.25, 0.3) is 0 Å². The zero-order valence-electron chi connectivity index (χ0n) is 32.7. The van der Waals surface area contributed by atoms with E-state index in [1.807, 2.05) is 23.1 Å². The SMILES string of the molecule is CC(C)(C)c1cc(N(c2cc(C(C)(C)C)cc(C(C)(C)C)c2O)c2cc(C(C)(C)C)cc(C(C)(C)C)c2O)c(O)c(C(C)(C)C)c1.I. The van der Waals surface area contributed by atoms with Crippen molar-refractivity contribution in [1.82, 2.24) is 0 Å². The normalized spacial score (nSPS) is 13.4. The van der Waals surface area contributed by atoms with Crippen molar-refractivity contribution < 1.29 is 15.3 Å². The van der Waals surface area contributed by atoms with Crippen LogP contribution in [0.5, 0.6) is 17.2 Å². The molecule has 3 rings (SSSR count). The van der Waals surface area contributed by atoms with Gasteiger partial charge in [0.1, 0.15) is 17.2 Å². The molecule has 0 atom stereocenters. The van der Waals surface area contributed by atoms with Gasteiger partial charge < -0.3 is 15.3 Å². The van der Waals surface area contributed by atoms with Crippen molar-refractivity contribution in [2.45, 2.75) is 157 Å². The summed E-state index contributed by atoms with van der Waals surface area (Å²) in [6, 6.07) is 12.4. The van der Waals surface area contributed by atoms with Gasteiger partial charge in [-0.05, 0) is 67.4 Å². The molecule has 47 heavy (non-hydrogen) atoms. The van der Waals surface area contributed by atoms with E-state index in [1.165, 1.54) is 0 Å². The number of phenolic OH excluding ortho intramolecular Hbond substituents is 3. The summed E-state index contributed by atoms with van der Waals surface area (Å²) in [6.07, 6.45) is 0. The third-order valence-electron chi connectivity index (χ3n) is 9.01. The molecule has 5 heteroatoms. The molecule has 3 aromatic rings. The molecule has 0 fully saturated rings. The molecular formula is C42H64INO3. The van der Waals surface area contributed by atoms with Gasteiger partial charge >= 0.3 is 0 Å². The molecule has 3 aromatic carbocycles. The van der Waals surface area contributed by atoms with E-state index in [0.29, 0.717) is 17.1 Å². The highest BCUT2D eigenvalue weighted by Crippen LogP contribution is 2.54. The van der Waals surface area contributed by atoms with Gasteiger partial charge in [0.15, 0.2) is 0 Å². The molecule has 0 bridgehead atoms. The highest BCUT2D eigenvalue weighted by Gasteiger charge is 2.35. The lowest BCUT2D eigenvalue weighted by atomic mass is 9.78. The maximum Gasteiger partial charge on any atom is 0.143 e. The third-order valence-corrected chi connectivity index (χ3v) is 9.01. The Morgan fingerprint density at radius 2 is 0.532 bits per heavy atom. The van der Waals surface area contributed by atoms with Crippen LogP contribution in [0, 0.1) is 0 Å². The summed E-state index contributed by atoms with van der Waals surface area (Å²) in [5.74, 6) is 0.406. The van der Waals surface area contributed by atoms with Crippen LogP contribution in [0.15, 0.2) is 36.4 Å². The summed E-state index contributed by atoms with van der Waals surface area (Å²) in [5, 5.41) is 36.9. The number of hydrogen-bond donors (Lipinski definition) is 3. The lowest BCUT2D eigenvalue weighted by Crippen LogP contribution is -2.23. The van der Waals surface area contributed by atoms with Crippen LogP contribution in [0.1, 0.15) is 158 Å². The molecule has 0 unspecified atom stereocenters. The number of phenols is 3. The van der Waals surface area contributed by atoms with E-state index in [-0.39, 0.29) is 73.7 Å². The molecule has 0 aliphatic heterocycles. The molecule has 0 saturated heterocycles. The molecule has 0 amide bonds. The largest absolute Gasteiger partial charge is 0.505 e. The summed E-state index contributed by atoms with van der Waals surface area (Å²) < 4.78 is 0. The van der Waals surface area contributed by atoms with Gasteiger partial charge in [-0.15, -0.1) is 24.0 Å². The van der Waals surface area contributed by atoms with E-state index in [4.69, 9.17) is 0 Å². The second-order valence-electron chi connectivity index (χ2n) is 19.5. The van der Waals surface area contributed by atoms with Crippen molar-refractivity contribution in [3.8, 4) is 17.2 Å². The van der Waals surface area contributed by atoms with Crippen molar-refractivity contribution in [3.63, 3.8) is 0 Å². The Labute approximate surface area is 304 Å². The molecule has 0 spiro atoms. The Morgan fingerprint density at radius 3 is 0.681 bits per heavy atom. The summed E-state index contributed by atoms with van der Waals surface area (Å²) in [7, 11) is 0. The molecule has 262 valence electrons. The summed E-state index contributed by atoms with van der Waals surface area (Å²) in [5.41, 5.74) is 5.38. The first-order valence-corrected chi connectivity index (χ1v) is 16.8. The standard InChI is InChI=1S/C42H63NO3.HI/c1-37(2,3)25-19-28(40(10,11)12)34(44)31(22-25)43(32-23-26(38(4,5)6)20-29(35(32)45)41(13,14)15)33-24-27(39(7,8)9)21-30(36(33)46)42(16,17)18;/h19-24,44-46H,1-18H3;1H.